The number of rotatable bonds is 6. The van der Waals surface area contributed by atoms with E-state index < -0.39 is 3.79 Å². The Balaban J connectivity index is 1.99. The zero-order valence-electron chi connectivity index (χ0n) is 16.8. The second-order valence-electron chi connectivity index (χ2n) is 6.76. The number of aliphatic hydroxyl groups excluding tert-OH is 1. The molecule has 1 fully saturated rings. The van der Waals surface area contributed by atoms with Crippen molar-refractivity contribution in [3.63, 3.8) is 0 Å². The van der Waals surface area contributed by atoms with Gasteiger partial charge in [0.1, 0.15) is 0 Å². The lowest BCUT2D eigenvalue weighted by Gasteiger charge is -2.23. The van der Waals surface area contributed by atoms with Crippen molar-refractivity contribution in [2.75, 3.05) is 58.5 Å². The van der Waals surface area contributed by atoms with Gasteiger partial charge in [0.2, 0.25) is 9.74 Å². The van der Waals surface area contributed by atoms with Crippen LogP contribution in [0.5, 0.6) is 11.5 Å². The monoisotopic (exact) mass is 475 g/mol. The Hall–Kier alpha value is -1.58. The van der Waals surface area contributed by atoms with Gasteiger partial charge in [-0.1, -0.05) is 34.8 Å². The summed E-state index contributed by atoms with van der Waals surface area (Å²) in [4.78, 5) is 17.7. The first-order chi connectivity index (χ1) is 14.4. The summed E-state index contributed by atoms with van der Waals surface area (Å²) in [5.41, 5.74) is 0.684. The van der Waals surface area contributed by atoms with Gasteiger partial charge in [-0.3, -0.25) is 4.90 Å². The minimum atomic E-state index is -1.79. The maximum atomic E-state index is 9.21. The van der Waals surface area contributed by atoms with Gasteiger partial charge in [0.15, 0.2) is 23.1 Å². The van der Waals surface area contributed by atoms with Crippen LogP contribution in [0.2, 0.25) is 0 Å². The van der Waals surface area contributed by atoms with E-state index in [1.54, 1.807) is 26.4 Å². The Labute approximate surface area is 190 Å². The molecule has 11 heteroatoms. The third-order valence-corrected chi connectivity index (χ3v) is 5.31. The van der Waals surface area contributed by atoms with Gasteiger partial charge in [-0.15, -0.1) is 0 Å². The van der Waals surface area contributed by atoms with E-state index in [2.05, 4.69) is 19.9 Å². The highest BCUT2D eigenvalue weighted by Crippen LogP contribution is 2.38. The van der Waals surface area contributed by atoms with Crippen molar-refractivity contribution in [1.29, 1.82) is 0 Å². The molecule has 1 aromatic carbocycles. The van der Waals surface area contributed by atoms with E-state index in [1.165, 1.54) is 0 Å². The predicted octanol–water partition coefficient (Wildman–Crippen LogP) is 2.89. The third-order valence-electron chi connectivity index (χ3n) is 4.81. The van der Waals surface area contributed by atoms with E-state index >= 15 is 0 Å². The highest BCUT2D eigenvalue weighted by molar-refractivity contribution is 6.66. The molecule has 0 amide bonds. The molecule has 0 radical (unpaired) electrons. The van der Waals surface area contributed by atoms with Crippen molar-refractivity contribution in [2.24, 2.45) is 0 Å². The van der Waals surface area contributed by atoms with Gasteiger partial charge in [-0.05, 0) is 31.2 Å². The third kappa shape index (κ3) is 5.56. The molecule has 3 rings (SSSR count). The summed E-state index contributed by atoms with van der Waals surface area (Å²) >= 11 is 18.3. The number of nitrogens with zero attached hydrogens (tertiary/aromatic N) is 5. The van der Waals surface area contributed by atoms with E-state index in [0.717, 1.165) is 26.1 Å². The van der Waals surface area contributed by atoms with Crippen molar-refractivity contribution in [3.8, 4) is 22.9 Å². The molecule has 2 heterocycles. The SMILES string of the molecule is COc1ccc(-c2nc(N3CCCN(CCO)CC3)nc(C(Cl)(Cl)Cl)n2)cc1OC. The van der Waals surface area contributed by atoms with Crippen LogP contribution in [0.3, 0.4) is 0 Å². The van der Waals surface area contributed by atoms with Crippen molar-refractivity contribution in [2.45, 2.75) is 10.2 Å². The molecule has 0 bridgehead atoms. The molecule has 1 aromatic heterocycles. The minimum absolute atomic E-state index is 0.0544. The fraction of sp³-hybridized carbons (Fsp3) is 0.526. The Morgan fingerprint density at radius 1 is 1.00 bits per heavy atom. The molecule has 0 atom stereocenters. The summed E-state index contributed by atoms with van der Waals surface area (Å²) in [5, 5.41) is 9.21. The molecular weight excluding hydrogens is 453 g/mol. The molecule has 8 nitrogen and oxygen atoms in total. The van der Waals surface area contributed by atoms with Gasteiger partial charge in [-0.25, -0.2) is 4.98 Å². The smallest absolute Gasteiger partial charge is 0.250 e. The number of alkyl halides is 3. The normalized spacial score (nSPS) is 15.7. The first-order valence-corrected chi connectivity index (χ1v) is 10.6. The number of β-amino-alcohol motifs (C(OH)–C–C–N with tert-alkyl or cyclic N) is 1. The number of ether oxygens (including phenoxy) is 2. The summed E-state index contributed by atoms with van der Waals surface area (Å²) in [6.45, 7) is 3.88. The standard InChI is InChI=1S/C19H24Cl3N5O3/c1-29-14-5-4-13(12-15(14)30-2)16-23-17(19(20,21)22)25-18(24-16)27-7-3-6-26(8-9-27)10-11-28/h4-5,12,28H,3,6-11H2,1-2H3. The van der Waals surface area contributed by atoms with Crippen molar-refractivity contribution < 1.29 is 14.6 Å². The Kier molecular flexibility index (Phi) is 7.81. The molecule has 1 N–H and O–H groups in total. The maximum Gasteiger partial charge on any atom is 0.250 e. The van der Waals surface area contributed by atoms with E-state index in [1.807, 2.05) is 11.0 Å². The van der Waals surface area contributed by atoms with Gasteiger partial charge in [0.05, 0.1) is 20.8 Å². The summed E-state index contributed by atoms with van der Waals surface area (Å²) in [6.07, 6.45) is 0.903. The van der Waals surface area contributed by atoms with Gasteiger partial charge in [0, 0.05) is 31.7 Å². The molecule has 1 aliphatic rings. The fourth-order valence-corrected chi connectivity index (χ4v) is 3.53. The number of aromatic nitrogens is 3. The van der Waals surface area contributed by atoms with E-state index in [-0.39, 0.29) is 12.4 Å². The van der Waals surface area contributed by atoms with Crippen LogP contribution in [0.1, 0.15) is 12.2 Å². The van der Waals surface area contributed by atoms with Crippen LogP contribution in [0.25, 0.3) is 11.4 Å². The molecule has 0 saturated carbocycles. The number of hydrogen-bond acceptors (Lipinski definition) is 8. The number of halogens is 3. The Morgan fingerprint density at radius 2 is 1.77 bits per heavy atom. The lowest BCUT2D eigenvalue weighted by Crippen LogP contribution is -2.33. The van der Waals surface area contributed by atoms with Crippen LogP contribution in [0, 0.1) is 0 Å². The minimum Gasteiger partial charge on any atom is -0.493 e. The van der Waals surface area contributed by atoms with E-state index in [0.29, 0.717) is 41.9 Å². The molecule has 1 aliphatic heterocycles. The summed E-state index contributed by atoms with van der Waals surface area (Å²) < 4.78 is 8.88. The Morgan fingerprint density at radius 3 is 2.43 bits per heavy atom. The number of aliphatic hydroxyl groups is 1. The highest BCUT2D eigenvalue weighted by atomic mass is 35.6. The number of benzene rings is 1. The molecule has 0 spiro atoms. The lowest BCUT2D eigenvalue weighted by atomic mass is 10.2. The van der Waals surface area contributed by atoms with E-state index in [9.17, 15) is 5.11 Å². The summed E-state index contributed by atoms with van der Waals surface area (Å²) in [6, 6.07) is 5.35. The van der Waals surface area contributed by atoms with Crippen molar-refractivity contribution in [3.05, 3.63) is 24.0 Å². The van der Waals surface area contributed by atoms with Crippen LogP contribution in [-0.2, 0) is 3.79 Å². The molecular formula is C19H24Cl3N5O3. The second kappa shape index (κ2) is 10.2. The average molecular weight is 477 g/mol. The van der Waals surface area contributed by atoms with Crippen LogP contribution >= 0.6 is 34.8 Å². The molecule has 30 heavy (non-hydrogen) atoms. The van der Waals surface area contributed by atoms with Gasteiger partial charge in [-0.2, -0.15) is 9.97 Å². The lowest BCUT2D eigenvalue weighted by molar-refractivity contribution is 0.204. The fourth-order valence-electron chi connectivity index (χ4n) is 3.27. The molecule has 0 aliphatic carbocycles. The van der Waals surface area contributed by atoms with Crippen molar-refractivity contribution in [1.82, 2.24) is 19.9 Å². The Bertz CT molecular complexity index is 866. The molecule has 1 saturated heterocycles. The van der Waals surface area contributed by atoms with Gasteiger partial charge in [0.25, 0.3) is 0 Å². The highest BCUT2D eigenvalue weighted by Gasteiger charge is 2.30. The quantitative estimate of drug-likeness (QED) is 0.637. The number of anilines is 1. The van der Waals surface area contributed by atoms with Crippen LogP contribution in [0.4, 0.5) is 5.95 Å². The largest absolute Gasteiger partial charge is 0.493 e. The zero-order valence-corrected chi connectivity index (χ0v) is 19.1. The average Bonchev–Trinajstić information content (AvgIpc) is 2.98. The van der Waals surface area contributed by atoms with Crippen LogP contribution in [0.15, 0.2) is 18.2 Å². The summed E-state index contributed by atoms with van der Waals surface area (Å²) in [5.74, 6) is 2.01. The van der Waals surface area contributed by atoms with Crippen LogP contribution in [-0.4, -0.2) is 78.5 Å². The first-order valence-electron chi connectivity index (χ1n) is 9.49. The number of hydrogen-bond donors (Lipinski definition) is 1. The zero-order chi connectivity index (χ0) is 21.7. The molecule has 164 valence electrons. The van der Waals surface area contributed by atoms with Gasteiger partial charge < -0.3 is 19.5 Å². The number of methoxy groups -OCH3 is 2. The predicted molar refractivity (Wildman–Crippen MR) is 118 cm³/mol. The first kappa shape index (κ1) is 23.1. The van der Waals surface area contributed by atoms with Crippen molar-refractivity contribution >= 4 is 40.8 Å². The van der Waals surface area contributed by atoms with Gasteiger partial charge >= 0.3 is 0 Å². The summed E-state index contributed by atoms with van der Waals surface area (Å²) in [7, 11) is 3.13. The topological polar surface area (TPSA) is 83.8 Å². The maximum absolute atomic E-state index is 9.21. The molecule has 0 unspecified atom stereocenters. The molecule has 2 aromatic rings. The second-order valence-corrected chi connectivity index (χ2v) is 9.04. The van der Waals surface area contributed by atoms with E-state index in [4.69, 9.17) is 44.3 Å². The van der Waals surface area contributed by atoms with Crippen LogP contribution < -0.4 is 14.4 Å².